The maximum absolute atomic E-state index is 12.3. The van der Waals surface area contributed by atoms with Gasteiger partial charge in [0.1, 0.15) is 12.6 Å². The summed E-state index contributed by atoms with van der Waals surface area (Å²) in [6.07, 6.45) is 0.959. The molecule has 0 aliphatic carbocycles. The molecule has 0 aliphatic heterocycles. The molecular formula is C16H13Cl2N3O3S. The molecule has 0 bridgehead atoms. The van der Waals surface area contributed by atoms with Gasteiger partial charge in [-0.3, -0.25) is 9.10 Å². The molecule has 2 aromatic carbocycles. The quantitative estimate of drug-likeness (QED) is 0.837. The van der Waals surface area contributed by atoms with Crippen molar-refractivity contribution in [3.8, 4) is 6.07 Å². The van der Waals surface area contributed by atoms with Crippen LogP contribution in [0, 0.1) is 11.3 Å². The molecule has 9 heteroatoms. The number of sulfonamides is 1. The number of halogens is 2. The van der Waals surface area contributed by atoms with E-state index in [1.54, 1.807) is 30.3 Å². The molecule has 1 amide bonds. The summed E-state index contributed by atoms with van der Waals surface area (Å²) in [5, 5.41) is 12.1. The topological polar surface area (TPSA) is 90.3 Å². The van der Waals surface area contributed by atoms with Crippen molar-refractivity contribution in [3.05, 3.63) is 58.1 Å². The molecule has 2 rings (SSSR count). The van der Waals surface area contributed by atoms with Crippen molar-refractivity contribution in [1.29, 1.82) is 5.26 Å². The summed E-state index contributed by atoms with van der Waals surface area (Å²) in [6.45, 7) is -0.514. The normalized spacial score (nSPS) is 10.8. The number of amides is 1. The Balaban J connectivity index is 2.31. The van der Waals surface area contributed by atoms with Crippen molar-refractivity contribution in [2.75, 3.05) is 22.4 Å². The van der Waals surface area contributed by atoms with Gasteiger partial charge in [0.25, 0.3) is 0 Å². The van der Waals surface area contributed by atoms with E-state index in [0.717, 1.165) is 10.6 Å². The van der Waals surface area contributed by atoms with E-state index >= 15 is 0 Å². The maximum atomic E-state index is 12.3. The first kappa shape index (κ1) is 19.1. The molecule has 0 atom stereocenters. The van der Waals surface area contributed by atoms with E-state index in [-0.39, 0.29) is 27.0 Å². The second-order valence-electron chi connectivity index (χ2n) is 5.05. The van der Waals surface area contributed by atoms with Crippen molar-refractivity contribution < 1.29 is 13.2 Å². The lowest BCUT2D eigenvalue weighted by atomic mass is 10.2. The first-order valence-electron chi connectivity index (χ1n) is 6.94. The van der Waals surface area contributed by atoms with Crippen LogP contribution >= 0.6 is 23.2 Å². The summed E-state index contributed by atoms with van der Waals surface area (Å²) >= 11 is 11.9. The highest BCUT2D eigenvalue weighted by Crippen LogP contribution is 2.29. The fraction of sp³-hybridized carbons (Fsp3) is 0.125. The molecule has 0 spiro atoms. The molecule has 130 valence electrons. The van der Waals surface area contributed by atoms with Crippen LogP contribution in [0.4, 0.5) is 11.4 Å². The highest BCUT2D eigenvalue weighted by molar-refractivity contribution is 7.92. The van der Waals surface area contributed by atoms with Crippen LogP contribution in [0.1, 0.15) is 5.56 Å². The smallest absolute Gasteiger partial charge is 0.245 e. The molecule has 0 aromatic heterocycles. The molecule has 0 saturated carbocycles. The average Bonchev–Trinajstić information content (AvgIpc) is 2.56. The predicted molar refractivity (Wildman–Crippen MR) is 98.4 cm³/mol. The minimum atomic E-state index is -3.79. The Morgan fingerprint density at radius 1 is 1.20 bits per heavy atom. The van der Waals surface area contributed by atoms with Crippen LogP contribution < -0.4 is 9.62 Å². The predicted octanol–water partition coefficient (Wildman–Crippen LogP) is 3.27. The summed E-state index contributed by atoms with van der Waals surface area (Å²) in [5.74, 6) is -0.623. The number of rotatable bonds is 5. The molecule has 0 heterocycles. The van der Waals surface area contributed by atoms with E-state index in [0.29, 0.717) is 0 Å². The molecule has 0 aliphatic rings. The summed E-state index contributed by atoms with van der Waals surface area (Å²) in [4.78, 5) is 12.3. The van der Waals surface area contributed by atoms with Crippen LogP contribution in [-0.4, -0.2) is 27.1 Å². The fourth-order valence-electron chi connectivity index (χ4n) is 2.09. The van der Waals surface area contributed by atoms with Crippen molar-refractivity contribution in [1.82, 2.24) is 0 Å². The Bertz CT molecular complexity index is 955. The van der Waals surface area contributed by atoms with Crippen LogP contribution in [0.25, 0.3) is 0 Å². The molecule has 25 heavy (non-hydrogen) atoms. The van der Waals surface area contributed by atoms with Crippen molar-refractivity contribution in [3.63, 3.8) is 0 Å². The van der Waals surface area contributed by atoms with Gasteiger partial charge in [0, 0.05) is 0 Å². The highest BCUT2D eigenvalue weighted by atomic mass is 35.5. The Kier molecular flexibility index (Phi) is 5.90. The van der Waals surface area contributed by atoms with Gasteiger partial charge in [0.15, 0.2) is 0 Å². The molecule has 2 aromatic rings. The van der Waals surface area contributed by atoms with E-state index in [4.69, 9.17) is 28.5 Å². The Labute approximate surface area is 155 Å². The van der Waals surface area contributed by atoms with Crippen molar-refractivity contribution >= 4 is 50.5 Å². The number of carbonyl (C=O) groups is 1. The molecule has 6 nitrogen and oxygen atoms in total. The minimum absolute atomic E-state index is 0.125. The third-order valence-corrected chi connectivity index (χ3v) is 5.15. The van der Waals surface area contributed by atoms with Crippen molar-refractivity contribution in [2.45, 2.75) is 0 Å². The van der Waals surface area contributed by atoms with Gasteiger partial charge in [-0.25, -0.2) is 8.42 Å². The third kappa shape index (κ3) is 4.63. The molecule has 1 N–H and O–H groups in total. The number of nitrogens with one attached hydrogen (secondary N) is 1. The lowest BCUT2D eigenvalue weighted by Crippen LogP contribution is -2.37. The van der Waals surface area contributed by atoms with E-state index in [1.165, 1.54) is 12.1 Å². The number of hydrogen-bond acceptors (Lipinski definition) is 4. The number of hydrogen-bond donors (Lipinski definition) is 1. The standard InChI is InChI=1S/C16H13Cl2N3O3S/c1-25(23,24)21(14-8-3-2-5-11(14)9-19)10-15(22)20-13-7-4-6-12(17)16(13)18/h2-8H,10H2,1H3,(H,20,22). The van der Waals surface area contributed by atoms with E-state index < -0.39 is 22.5 Å². The van der Waals surface area contributed by atoms with Crippen LogP contribution in [-0.2, 0) is 14.8 Å². The third-order valence-electron chi connectivity index (χ3n) is 3.21. The van der Waals surface area contributed by atoms with Crippen LogP contribution in [0.5, 0.6) is 0 Å². The zero-order valence-electron chi connectivity index (χ0n) is 13.0. The van der Waals surface area contributed by atoms with Gasteiger partial charge in [0.05, 0.1) is 33.2 Å². The number of carbonyl (C=O) groups excluding carboxylic acids is 1. The first-order chi connectivity index (χ1) is 11.7. The van der Waals surface area contributed by atoms with Gasteiger partial charge >= 0.3 is 0 Å². The highest BCUT2D eigenvalue weighted by Gasteiger charge is 2.23. The molecule has 0 radical (unpaired) electrons. The number of nitriles is 1. The molecule has 0 fully saturated rings. The minimum Gasteiger partial charge on any atom is -0.323 e. The number of nitrogens with zero attached hydrogens (tertiary/aromatic N) is 2. The van der Waals surface area contributed by atoms with Gasteiger partial charge in [0.2, 0.25) is 15.9 Å². The number of para-hydroxylation sites is 1. The van der Waals surface area contributed by atoms with E-state index in [2.05, 4.69) is 5.32 Å². The van der Waals surface area contributed by atoms with Crippen molar-refractivity contribution in [2.24, 2.45) is 0 Å². The van der Waals surface area contributed by atoms with Gasteiger partial charge < -0.3 is 5.32 Å². The van der Waals surface area contributed by atoms with E-state index in [1.807, 2.05) is 6.07 Å². The maximum Gasteiger partial charge on any atom is 0.245 e. The lowest BCUT2D eigenvalue weighted by molar-refractivity contribution is -0.114. The summed E-state index contributed by atoms with van der Waals surface area (Å²) < 4.78 is 25.1. The van der Waals surface area contributed by atoms with Gasteiger partial charge in [-0.1, -0.05) is 41.4 Å². The van der Waals surface area contributed by atoms with Gasteiger partial charge in [-0.05, 0) is 24.3 Å². The molecule has 0 saturated heterocycles. The SMILES string of the molecule is CS(=O)(=O)N(CC(=O)Nc1cccc(Cl)c1Cl)c1ccccc1C#N. The van der Waals surface area contributed by atoms with Gasteiger partial charge in [-0.2, -0.15) is 5.26 Å². The van der Waals surface area contributed by atoms with Crippen LogP contribution in [0.2, 0.25) is 10.0 Å². The van der Waals surface area contributed by atoms with Crippen LogP contribution in [0.3, 0.4) is 0 Å². The second kappa shape index (κ2) is 7.74. The molecular weight excluding hydrogens is 385 g/mol. The zero-order chi connectivity index (χ0) is 18.6. The summed E-state index contributed by atoms with van der Waals surface area (Å²) in [6, 6.07) is 12.7. The monoisotopic (exact) mass is 397 g/mol. The lowest BCUT2D eigenvalue weighted by Gasteiger charge is -2.23. The number of anilines is 2. The fourth-order valence-corrected chi connectivity index (χ4v) is 3.30. The zero-order valence-corrected chi connectivity index (χ0v) is 15.4. The second-order valence-corrected chi connectivity index (χ2v) is 7.74. The largest absolute Gasteiger partial charge is 0.323 e. The summed E-state index contributed by atoms with van der Waals surface area (Å²) in [5.41, 5.74) is 0.530. The number of benzene rings is 2. The van der Waals surface area contributed by atoms with E-state index in [9.17, 15) is 13.2 Å². The van der Waals surface area contributed by atoms with Crippen LogP contribution in [0.15, 0.2) is 42.5 Å². The Morgan fingerprint density at radius 2 is 1.88 bits per heavy atom. The van der Waals surface area contributed by atoms with Gasteiger partial charge in [-0.15, -0.1) is 0 Å². The Hall–Kier alpha value is -2.27. The first-order valence-corrected chi connectivity index (χ1v) is 9.55. The molecule has 0 unspecified atom stereocenters. The summed E-state index contributed by atoms with van der Waals surface area (Å²) in [7, 11) is -3.79. The average molecular weight is 398 g/mol. The Morgan fingerprint density at radius 3 is 2.52 bits per heavy atom.